The van der Waals surface area contributed by atoms with Crippen LogP contribution in [0, 0.1) is 0 Å². The van der Waals surface area contributed by atoms with Crippen molar-refractivity contribution in [1.82, 2.24) is 0 Å². The molecule has 1 amide bonds. The molecule has 1 aromatic carbocycles. The lowest BCUT2D eigenvalue weighted by molar-refractivity contribution is -0.115. The fourth-order valence-electron chi connectivity index (χ4n) is 1.43. The van der Waals surface area contributed by atoms with Gasteiger partial charge in [0.2, 0.25) is 5.91 Å². The van der Waals surface area contributed by atoms with E-state index >= 15 is 0 Å². The van der Waals surface area contributed by atoms with Crippen molar-refractivity contribution in [2.75, 3.05) is 19.5 Å². The summed E-state index contributed by atoms with van der Waals surface area (Å²) < 4.78 is 10.4. The first-order chi connectivity index (χ1) is 8.54. The fourth-order valence-corrected chi connectivity index (χ4v) is 1.77. The quantitative estimate of drug-likeness (QED) is 0.838. The van der Waals surface area contributed by atoms with Crippen LogP contribution < -0.4 is 14.8 Å². The molecule has 0 spiro atoms. The van der Waals surface area contributed by atoms with Gasteiger partial charge in [0.1, 0.15) is 0 Å². The van der Waals surface area contributed by atoms with E-state index in [1.54, 1.807) is 12.1 Å². The summed E-state index contributed by atoms with van der Waals surface area (Å²) in [6.07, 6.45) is 0.693. The SMILES string of the molecule is CC[C@H](Br)C(=O)Nc1ccc(Cl)c(OC)c1OC. The van der Waals surface area contributed by atoms with Crippen LogP contribution in [0.15, 0.2) is 12.1 Å². The number of halogens is 2. The van der Waals surface area contributed by atoms with Gasteiger partial charge in [-0.2, -0.15) is 0 Å². The van der Waals surface area contributed by atoms with Crippen molar-refractivity contribution in [1.29, 1.82) is 0 Å². The van der Waals surface area contributed by atoms with Gasteiger partial charge in [0.15, 0.2) is 11.5 Å². The number of ether oxygens (including phenoxy) is 2. The molecular weight excluding hydrogens is 321 g/mol. The van der Waals surface area contributed by atoms with E-state index < -0.39 is 0 Å². The first kappa shape index (κ1) is 15.1. The van der Waals surface area contributed by atoms with Crippen LogP contribution in [0.2, 0.25) is 5.02 Å². The second-order valence-corrected chi connectivity index (χ2v) is 5.04. The summed E-state index contributed by atoms with van der Waals surface area (Å²) in [6, 6.07) is 3.32. The zero-order chi connectivity index (χ0) is 13.7. The molecule has 0 fully saturated rings. The minimum absolute atomic E-state index is 0.139. The predicted octanol–water partition coefficient (Wildman–Crippen LogP) is 3.47. The molecule has 0 radical (unpaired) electrons. The topological polar surface area (TPSA) is 47.6 Å². The maximum absolute atomic E-state index is 11.8. The highest BCUT2D eigenvalue weighted by Gasteiger charge is 2.18. The summed E-state index contributed by atoms with van der Waals surface area (Å²) in [6.45, 7) is 1.92. The van der Waals surface area contributed by atoms with E-state index in [1.165, 1.54) is 14.2 Å². The third-order valence-corrected chi connectivity index (χ3v) is 3.73. The zero-order valence-corrected chi connectivity index (χ0v) is 12.8. The number of rotatable bonds is 5. The van der Waals surface area contributed by atoms with Crippen LogP contribution in [0.4, 0.5) is 5.69 Å². The lowest BCUT2D eigenvalue weighted by Crippen LogP contribution is -2.22. The molecule has 0 aliphatic carbocycles. The van der Waals surface area contributed by atoms with Crippen molar-refractivity contribution in [3.63, 3.8) is 0 Å². The van der Waals surface area contributed by atoms with Gasteiger partial charge in [0.05, 0.1) is 29.8 Å². The van der Waals surface area contributed by atoms with Gasteiger partial charge in [-0.25, -0.2) is 0 Å². The molecule has 1 aromatic rings. The largest absolute Gasteiger partial charge is 0.491 e. The number of amides is 1. The van der Waals surface area contributed by atoms with E-state index in [-0.39, 0.29) is 10.7 Å². The van der Waals surface area contributed by atoms with Crippen LogP contribution in [0.1, 0.15) is 13.3 Å². The highest BCUT2D eigenvalue weighted by molar-refractivity contribution is 9.10. The second kappa shape index (κ2) is 6.85. The van der Waals surface area contributed by atoms with Crippen LogP contribution in [0.3, 0.4) is 0 Å². The summed E-state index contributed by atoms with van der Waals surface area (Å²) in [7, 11) is 2.99. The van der Waals surface area contributed by atoms with E-state index in [1.807, 2.05) is 6.92 Å². The predicted molar refractivity (Wildman–Crippen MR) is 76.2 cm³/mol. The minimum Gasteiger partial charge on any atom is -0.491 e. The molecule has 0 aliphatic heterocycles. The van der Waals surface area contributed by atoms with Crippen LogP contribution in [0.25, 0.3) is 0 Å². The Balaban J connectivity index is 3.06. The van der Waals surface area contributed by atoms with Gasteiger partial charge < -0.3 is 14.8 Å². The molecular formula is C12H15BrClNO3. The lowest BCUT2D eigenvalue weighted by atomic mass is 10.2. The van der Waals surface area contributed by atoms with Crippen LogP contribution in [0.5, 0.6) is 11.5 Å². The summed E-state index contributed by atoms with van der Waals surface area (Å²) in [5.74, 6) is 0.675. The van der Waals surface area contributed by atoms with E-state index in [9.17, 15) is 4.79 Å². The molecule has 0 aliphatic rings. The molecule has 0 heterocycles. The molecule has 1 rings (SSSR count). The smallest absolute Gasteiger partial charge is 0.238 e. The standard InChI is InChI=1S/C12H15BrClNO3/c1-4-7(13)12(16)15-9-6-5-8(14)10(17-2)11(9)18-3/h5-7H,4H2,1-3H3,(H,15,16)/t7-/m0/s1. The van der Waals surface area contributed by atoms with Gasteiger partial charge >= 0.3 is 0 Å². The maximum Gasteiger partial charge on any atom is 0.238 e. The number of anilines is 1. The van der Waals surface area contributed by atoms with E-state index in [2.05, 4.69) is 21.2 Å². The van der Waals surface area contributed by atoms with Gasteiger partial charge in [0.25, 0.3) is 0 Å². The molecule has 4 nitrogen and oxygen atoms in total. The van der Waals surface area contributed by atoms with Crippen LogP contribution in [-0.2, 0) is 4.79 Å². The average molecular weight is 337 g/mol. The highest BCUT2D eigenvalue weighted by Crippen LogP contribution is 2.40. The number of benzene rings is 1. The molecule has 0 saturated carbocycles. The molecule has 0 bridgehead atoms. The van der Waals surface area contributed by atoms with Crippen molar-refractivity contribution in [2.45, 2.75) is 18.2 Å². The number of nitrogens with one attached hydrogen (secondary N) is 1. The number of alkyl halides is 1. The van der Waals surface area contributed by atoms with Gasteiger partial charge in [-0.15, -0.1) is 0 Å². The van der Waals surface area contributed by atoms with Crippen molar-refractivity contribution in [2.24, 2.45) is 0 Å². The third kappa shape index (κ3) is 3.29. The molecule has 6 heteroatoms. The van der Waals surface area contributed by atoms with E-state index in [0.717, 1.165) is 0 Å². The summed E-state index contributed by atoms with van der Waals surface area (Å²) in [5.41, 5.74) is 0.529. The molecule has 0 unspecified atom stereocenters. The Morgan fingerprint density at radius 1 is 1.39 bits per heavy atom. The van der Waals surface area contributed by atoms with Gasteiger partial charge in [-0.05, 0) is 18.6 Å². The number of hydrogen-bond donors (Lipinski definition) is 1. The zero-order valence-electron chi connectivity index (χ0n) is 10.4. The van der Waals surface area contributed by atoms with Crippen molar-refractivity contribution < 1.29 is 14.3 Å². The maximum atomic E-state index is 11.8. The Morgan fingerprint density at radius 2 is 2.00 bits per heavy atom. The minimum atomic E-state index is -0.246. The Kier molecular flexibility index (Phi) is 5.75. The lowest BCUT2D eigenvalue weighted by Gasteiger charge is -2.15. The van der Waals surface area contributed by atoms with E-state index in [4.69, 9.17) is 21.1 Å². The Morgan fingerprint density at radius 3 is 2.50 bits per heavy atom. The Hall–Kier alpha value is -0.940. The molecule has 1 N–H and O–H groups in total. The number of carbonyl (C=O) groups excluding carboxylic acids is 1. The number of carbonyl (C=O) groups is 1. The average Bonchev–Trinajstić information content (AvgIpc) is 2.38. The van der Waals surface area contributed by atoms with E-state index in [0.29, 0.717) is 28.6 Å². The van der Waals surface area contributed by atoms with Crippen molar-refractivity contribution in [3.05, 3.63) is 17.2 Å². The molecule has 100 valence electrons. The Labute approximate surface area is 120 Å². The van der Waals surface area contributed by atoms with Crippen LogP contribution >= 0.6 is 27.5 Å². The molecule has 0 aromatic heterocycles. The van der Waals surface area contributed by atoms with Gasteiger partial charge in [0, 0.05) is 0 Å². The van der Waals surface area contributed by atoms with Crippen molar-refractivity contribution in [3.8, 4) is 11.5 Å². The molecule has 0 saturated heterocycles. The first-order valence-electron chi connectivity index (χ1n) is 5.40. The number of hydrogen-bond acceptors (Lipinski definition) is 3. The number of methoxy groups -OCH3 is 2. The normalized spacial score (nSPS) is 11.8. The fraction of sp³-hybridized carbons (Fsp3) is 0.417. The summed E-state index contributed by atoms with van der Waals surface area (Å²) in [4.78, 5) is 11.6. The molecule has 18 heavy (non-hydrogen) atoms. The summed E-state index contributed by atoms with van der Waals surface area (Å²) >= 11 is 9.27. The molecule has 1 atom stereocenters. The second-order valence-electron chi connectivity index (χ2n) is 3.53. The van der Waals surface area contributed by atoms with Crippen molar-refractivity contribution >= 4 is 39.1 Å². The van der Waals surface area contributed by atoms with Gasteiger partial charge in [-0.3, -0.25) is 4.79 Å². The third-order valence-electron chi connectivity index (χ3n) is 2.37. The highest BCUT2D eigenvalue weighted by atomic mass is 79.9. The monoisotopic (exact) mass is 335 g/mol. The van der Waals surface area contributed by atoms with Gasteiger partial charge in [-0.1, -0.05) is 34.5 Å². The Bertz CT molecular complexity index is 440. The first-order valence-corrected chi connectivity index (χ1v) is 6.69. The van der Waals surface area contributed by atoms with Crippen LogP contribution in [-0.4, -0.2) is 25.0 Å². The summed E-state index contributed by atoms with van der Waals surface area (Å²) in [5, 5.41) is 3.19.